The molecule has 6 nitrogen and oxygen atoms in total. The van der Waals surface area contributed by atoms with Gasteiger partial charge < -0.3 is 9.73 Å². The zero-order valence-electron chi connectivity index (χ0n) is 16.0. The van der Waals surface area contributed by atoms with Gasteiger partial charge >= 0.3 is 6.18 Å². The highest BCUT2D eigenvalue weighted by molar-refractivity contribution is 5.78. The van der Waals surface area contributed by atoms with Crippen molar-refractivity contribution in [3.8, 4) is 11.5 Å². The monoisotopic (exact) mass is 406 g/mol. The van der Waals surface area contributed by atoms with Crippen LogP contribution in [0.3, 0.4) is 0 Å². The smallest absolute Gasteiger partial charge is 0.435 e. The first-order valence-electron chi connectivity index (χ1n) is 9.13. The predicted octanol–water partition coefficient (Wildman–Crippen LogP) is 3.86. The molecule has 0 bridgehead atoms. The highest BCUT2D eigenvalue weighted by atomic mass is 19.4. The second kappa shape index (κ2) is 8.50. The molecule has 1 atom stereocenters. The van der Waals surface area contributed by atoms with Crippen LogP contribution in [-0.2, 0) is 23.9 Å². The Morgan fingerprint density at radius 3 is 2.66 bits per heavy atom. The van der Waals surface area contributed by atoms with Gasteiger partial charge in [0.1, 0.15) is 6.26 Å². The lowest BCUT2D eigenvalue weighted by molar-refractivity contribution is -0.141. The van der Waals surface area contributed by atoms with E-state index in [1.807, 2.05) is 30.3 Å². The van der Waals surface area contributed by atoms with Crippen molar-refractivity contribution in [3.05, 3.63) is 59.7 Å². The summed E-state index contributed by atoms with van der Waals surface area (Å²) in [7, 11) is 0. The molecular weight excluding hydrogens is 385 g/mol. The van der Waals surface area contributed by atoms with Crippen LogP contribution < -0.4 is 5.32 Å². The SMILES string of the molecule is Cc1cc(C(F)(F)F)nn1CC(C)C(=O)NCCc1coc(-c2ccccc2)n1. The standard InChI is InChI=1S/C20H21F3N4O2/c1-13(11-27-14(2)10-17(26-27)20(21,22)23)18(28)24-9-8-16-12-29-19(25-16)15-6-4-3-5-7-15/h3-7,10,12-13H,8-9,11H2,1-2H3,(H,24,28). The van der Waals surface area contributed by atoms with Gasteiger partial charge in [-0.25, -0.2) is 4.98 Å². The van der Waals surface area contributed by atoms with E-state index in [1.165, 1.54) is 11.6 Å². The number of carbonyl (C=O) groups is 1. The van der Waals surface area contributed by atoms with Crippen molar-refractivity contribution in [2.75, 3.05) is 6.54 Å². The van der Waals surface area contributed by atoms with Gasteiger partial charge in [-0.2, -0.15) is 18.3 Å². The molecule has 0 aliphatic carbocycles. The molecule has 0 saturated carbocycles. The summed E-state index contributed by atoms with van der Waals surface area (Å²) < 4.78 is 44.9. The van der Waals surface area contributed by atoms with E-state index < -0.39 is 17.8 Å². The van der Waals surface area contributed by atoms with Crippen LogP contribution in [0.15, 0.2) is 47.1 Å². The average molecular weight is 406 g/mol. The van der Waals surface area contributed by atoms with Crippen LogP contribution in [0.4, 0.5) is 13.2 Å². The van der Waals surface area contributed by atoms with E-state index in [9.17, 15) is 18.0 Å². The Labute approximate surface area is 165 Å². The van der Waals surface area contributed by atoms with Crippen LogP contribution in [0.5, 0.6) is 0 Å². The van der Waals surface area contributed by atoms with Crippen molar-refractivity contribution in [1.29, 1.82) is 0 Å². The van der Waals surface area contributed by atoms with E-state index in [1.54, 1.807) is 13.2 Å². The van der Waals surface area contributed by atoms with Crippen molar-refractivity contribution >= 4 is 5.91 Å². The number of halogens is 3. The third-order valence-corrected chi connectivity index (χ3v) is 4.42. The van der Waals surface area contributed by atoms with Gasteiger partial charge in [0.2, 0.25) is 11.8 Å². The molecule has 9 heteroatoms. The predicted molar refractivity (Wildman–Crippen MR) is 99.8 cm³/mol. The van der Waals surface area contributed by atoms with Gasteiger partial charge in [0, 0.05) is 24.2 Å². The second-order valence-electron chi connectivity index (χ2n) is 6.80. The van der Waals surface area contributed by atoms with Crippen LogP contribution in [0.2, 0.25) is 0 Å². The van der Waals surface area contributed by atoms with Gasteiger partial charge in [0.05, 0.1) is 18.2 Å². The first-order valence-corrected chi connectivity index (χ1v) is 9.13. The van der Waals surface area contributed by atoms with Gasteiger partial charge in [-0.15, -0.1) is 0 Å². The van der Waals surface area contributed by atoms with Crippen molar-refractivity contribution < 1.29 is 22.4 Å². The summed E-state index contributed by atoms with van der Waals surface area (Å²) >= 11 is 0. The molecule has 154 valence electrons. The summed E-state index contributed by atoms with van der Waals surface area (Å²) in [6, 6.07) is 10.4. The first kappa shape index (κ1) is 20.6. The van der Waals surface area contributed by atoms with Crippen LogP contribution in [0.1, 0.15) is 24.0 Å². The topological polar surface area (TPSA) is 73.0 Å². The molecule has 3 rings (SSSR count). The van der Waals surface area contributed by atoms with Crippen molar-refractivity contribution in [2.45, 2.75) is 33.0 Å². The third kappa shape index (κ3) is 5.24. The molecule has 0 radical (unpaired) electrons. The molecule has 1 amide bonds. The molecule has 2 heterocycles. The van der Waals surface area contributed by atoms with Crippen molar-refractivity contribution in [3.63, 3.8) is 0 Å². The lowest BCUT2D eigenvalue weighted by atomic mass is 10.1. The first-order chi connectivity index (χ1) is 13.7. The number of rotatable bonds is 7. The summed E-state index contributed by atoms with van der Waals surface area (Å²) in [6.45, 7) is 3.58. The lowest BCUT2D eigenvalue weighted by Gasteiger charge is -2.13. The van der Waals surface area contributed by atoms with Gasteiger partial charge in [-0.05, 0) is 25.1 Å². The highest BCUT2D eigenvalue weighted by Crippen LogP contribution is 2.28. The number of amides is 1. The summed E-state index contributed by atoms with van der Waals surface area (Å²) in [4.78, 5) is 16.6. The Kier molecular flexibility index (Phi) is 6.05. The van der Waals surface area contributed by atoms with Gasteiger partial charge in [0.15, 0.2) is 5.69 Å². The minimum Gasteiger partial charge on any atom is -0.444 e. The summed E-state index contributed by atoms with van der Waals surface area (Å²) in [5, 5.41) is 6.32. The Bertz CT molecular complexity index is 964. The lowest BCUT2D eigenvalue weighted by Crippen LogP contribution is -2.33. The van der Waals surface area contributed by atoms with Crippen LogP contribution in [0.25, 0.3) is 11.5 Å². The number of aromatic nitrogens is 3. The van der Waals surface area contributed by atoms with Crippen LogP contribution in [0, 0.1) is 12.8 Å². The molecular formula is C20H21F3N4O2. The number of alkyl halides is 3. The Morgan fingerprint density at radius 2 is 2.00 bits per heavy atom. The number of benzene rings is 1. The van der Waals surface area contributed by atoms with Crippen molar-refractivity contribution in [1.82, 2.24) is 20.1 Å². The molecule has 0 fully saturated rings. The largest absolute Gasteiger partial charge is 0.444 e. The maximum Gasteiger partial charge on any atom is 0.435 e. The molecule has 0 spiro atoms. The maximum absolute atomic E-state index is 12.7. The molecule has 0 aliphatic heterocycles. The van der Waals surface area contributed by atoms with E-state index in [-0.39, 0.29) is 12.5 Å². The minimum atomic E-state index is -4.50. The van der Waals surface area contributed by atoms with Crippen LogP contribution >= 0.6 is 0 Å². The number of oxazole rings is 1. The zero-order valence-corrected chi connectivity index (χ0v) is 16.0. The number of nitrogens with zero attached hydrogens (tertiary/aromatic N) is 3. The minimum absolute atomic E-state index is 0.0653. The maximum atomic E-state index is 12.7. The normalized spacial score (nSPS) is 12.7. The second-order valence-corrected chi connectivity index (χ2v) is 6.80. The highest BCUT2D eigenvalue weighted by Gasteiger charge is 2.34. The number of hydrogen-bond donors (Lipinski definition) is 1. The Morgan fingerprint density at radius 1 is 1.28 bits per heavy atom. The van der Waals surface area contributed by atoms with Crippen molar-refractivity contribution in [2.24, 2.45) is 5.92 Å². The quantitative estimate of drug-likeness (QED) is 0.647. The van der Waals surface area contributed by atoms with E-state index in [2.05, 4.69) is 15.4 Å². The Hall–Kier alpha value is -3.10. The summed E-state index contributed by atoms with van der Waals surface area (Å²) in [5.41, 5.74) is 0.967. The zero-order chi connectivity index (χ0) is 21.0. The molecule has 0 aliphatic rings. The fourth-order valence-electron chi connectivity index (χ4n) is 2.80. The molecule has 1 N–H and O–H groups in total. The van der Waals surface area contributed by atoms with E-state index in [0.29, 0.717) is 30.2 Å². The number of aryl methyl sites for hydroxylation is 1. The van der Waals surface area contributed by atoms with E-state index in [4.69, 9.17) is 4.42 Å². The Balaban J connectivity index is 1.50. The summed E-state index contributed by atoms with van der Waals surface area (Å²) in [5.74, 6) is -0.290. The molecule has 0 saturated heterocycles. The van der Waals surface area contributed by atoms with E-state index >= 15 is 0 Å². The average Bonchev–Trinajstić information content (AvgIpc) is 3.29. The fraction of sp³-hybridized carbons (Fsp3) is 0.350. The van der Waals surface area contributed by atoms with Crippen LogP contribution in [-0.4, -0.2) is 27.2 Å². The molecule has 29 heavy (non-hydrogen) atoms. The molecule has 3 aromatic rings. The number of nitrogens with one attached hydrogen (secondary N) is 1. The summed E-state index contributed by atoms with van der Waals surface area (Å²) in [6.07, 6.45) is -2.48. The van der Waals surface area contributed by atoms with E-state index in [0.717, 1.165) is 11.6 Å². The van der Waals surface area contributed by atoms with Gasteiger partial charge in [-0.1, -0.05) is 25.1 Å². The molecule has 1 unspecified atom stereocenters. The van der Waals surface area contributed by atoms with Gasteiger partial charge in [0.25, 0.3) is 0 Å². The fourth-order valence-corrected chi connectivity index (χ4v) is 2.80. The van der Waals surface area contributed by atoms with Gasteiger partial charge in [-0.3, -0.25) is 9.48 Å². The number of carbonyl (C=O) groups excluding carboxylic acids is 1. The molecule has 1 aromatic carbocycles. The number of hydrogen-bond acceptors (Lipinski definition) is 4. The molecule has 2 aromatic heterocycles. The third-order valence-electron chi connectivity index (χ3n) is 4.42.